The maximum atomic E-state index is 12.6. The Labute approximate surface area is 187 Å². The maximum absolute atomic E-state index is 12.6. The predicted octanol–water partition coefficient (Wildman–Crippen LogP) is 5.52. The zero-order valence-electron chi connectivity index (χ0n) is 18.9. The largest absolute Gasteiger partial charge is 0.481 e. The van der Waals surface area contributed by atoms with Gasteiger partial charge in [0.25, 0.3) is 5.91 Å². The Hall–Kier alpha value is -2.98. The van der Waals surface area contributed by atoms with Crippen molar-refractivity contribution in [2.45, 2.75) is 77.7 Å². The molecule has 0 unspecified atom stereocenters. The number of benzene rings is 1. The van der Waals surface area contributed by atoms with Gasteiger partial charge >= 0.3 is 5.97 Å². The number of hydrogen-bond acceptors (Lipinski definition) is 2. The molecule has 4 heteroatoms. The smallest absolute Gasteiger partial charge is 0.304 e. The van der Waals surface area contributed by atoms with E-state index in [0.717, 1.165) is 24.8 Å². The summed E-state index contributed by atoms with van der Waals surface area (Å²) in [5.41, 5.74) is 1.71. The summed E-state index contributed by atoms with van der Waals surface area (Å²) in [6, 6.07) is 7.15. The van der Waals surface area contributed by atoms with E-state index in [-0.39, 0.29) is 18.4 Å². The van der Waals surface area contributed by atoms with Gasteiger partial charge in [0.15, 0.2) is 0 Å². The molecular formula is C27H35NO3. The fourth-order valence-electron chi connectivity index (χ4n) is 3.07. The van der Waals surface area contributed by atoms with Crippen LogP contribution in [0.1, 0.15) is 80.6 Å². The second-order valence-electron chi connectivity index (χ2n) is 7.78. The summed E-state index contributed by atoms with van der Waals surface area (Å²) in [4.78, 5) is 23.4. The number of carboxylic acid groups (broad SMARTS) is 1. The first-order valence-electron chi connectivity index (χ1n) is 11.2. The molecule has 0 bridgehead atoms. The Bertz CT molecular complexity index is 818. The normalized spacial score (nSPS) is 11.8. The number of allylic oxidation sites excluding steroid dienone is 1. The van der Waals surface area contributed by atoms with Crippen molar-refractivity contribution >= 4 is 11.9 Å². The zero-order chi connectivity index (χ0) is 22.9. The van der Waals surface area contributed by atoms with E-state index in [1.54, 1.807) is 0 Å². The highest BCUT2D eigenvalue weighted by molar-refractivity contribution is 5.94. The van der Waals surface area contributed by atoms with Crippen molar-refractivity contribution in [1.82, 2.24) is 5.32 Å². The average molecular weight is 422 g/mol. The van der Waals surface area contributed by atoms with Gasteiger partial charge in [0, 0.05) is 11.5 Å². The number of aliphatic carboxylic acids is 1. The summed E-state index contributed by atoms with van der Waals surface area (Å²) in [5, 5.41) is 11.9. The third kappa shape index (κ3) is 12.3. The van der Waals surface area contributed by atoms with Crippen LogP contribution in [-0.2, 0) is 4.79 Å². The van der Waals surface area contributed by atoms with Gasteiger partial charge in [-0.25, -0.2) is 0 Å². The highest BCUT2D eigenvalue weighted by Gasteiger charge is 2.11. The lowest BCUT2D eigenvalue weighted by atomic mass is 10.0. The number of carboxylic acids is 1. The van der Waals surface area contributed by atoms with Gasteiger partial charge < -0.3 is 10.4 Å². The van der Waals surface area contributed by atoms with Crippen molar-refractivity contribution in [3.8, 4) is 23.7 Å². The van der Waals surface area contributed by atoms with Gasteiger partial charge in [0.2, 0.25) is 0 Å². The van der Waals surface area contributed by atoms with Crippen LogP contribution in [0.4, 0.5) is 0 Å². The van der Waals surface area contributed by atoms with Crippen LogP contribution in [0.5, 0.6) is 0 Å². The Morgan fingerprint density at radius 3 is 2.26 bits per heavy atom. The molecule has 1 rings (SSSR count). The highest BCUT2D eigenvalue weighted by Crippen LogP contribution is 2.11. The van der Waals surface area contributed by atoms with E-state index in [9.17, 15) is 9.59 Å². The van der Waals surface area contributed by atoms with E-state index in [1.807, 2.05) is 31.2 Å². The minimum atomic E-state index is -0.922. The summed E-state index contributed by atoms with van der Waals surface area (Å²) >= 11 is 0. The molecule has 0 aliphatic rings. The van der Waals surface area contributed by atoms with Crippen molar-refractivity contribution in [3.63, 3.8) is 0 Å². The Morgan fingerprint density at radius 1 is 1.03 bits per heavy atom. The number of unbranched alkanes of at least 4 members (excludes halogenated alkanes) is 6. The lowest BCUT2D eigenvalue weighted by Crippen LogP contribution is -2.33. The molecule has 1 aromatic rings. The minimum Gasteiger partial charge on any atom is -0.481 e. The lowest BCUT2D eigenvalue weighted by Gasteiger charge is -2.13. The number of hydrogen-bond donors (Lipinski definition) is 2. The number of amides is 1. The van der Waals surface area contributed by atoms with Gasteiger partial charge in [-0.15, -0.1) is 6.58 Å². The van der Waals surface area contributed by atoms with E-state index in [2.05, 4.69) is 42.5 Å². The summed E-state index contributed by atoms with van der Waals surface area (Å²) in [6.45, 7) is 7.80. The van der Waals surface area contributed by atoms with Crippen LogP contribution in [0.25, 0.3) is 0 Å². The van der Waals surface area contributed by atoms with E-state index >= 15 is 0 Å². The van der Waals surface area contributed by atoms with E-state index in [1.165, 1.54) is 38.2 Å². The molecule has 0 aliphatic heterocycles. The summed E-state index contributed by atoms with van der Waals surface area (Å²) < 4.78 is 0. The van der Waals surface area contributed by atoms with Crippen LogP contribution < -0.4 is 5.32 Å². The third-order valence-corrected chi connectivity index (χ3v) is 4.96. The molecule has 0 aromatic heterocycles. The van der Waals surface area contributed by atoms with Gasteiger partial charge in [0.1, 0.15) is 0 Å². The molecule has 0 radical (unpaired) electrons. The highest BCUT2D eigenvalue weighted by atomic mass is 16.4. The predicted molar refractivity (Wildman–Crippen MR) is 127 cm³/mol. The van der Waals surface area contributed by atoms with E-state index in [0.29, 0.717) is 5.56 Å². The quantitative estimate of drug-likeness (QED) is 0.250. The molecule has 166 valence electrons. The molecule has 2 atom stereocenters. The molecule has 4 nitrogen and oxygen atoms in total. The van der Waals surface area contributed by atoms with Gasteiger partial charge in [-0.2, -0.15) is 0 Å². The molecule has 0 spiro atoms. The monoisotopic (exact) mass is 421 g/mol. The van der Waals surface area contributed by atoms with Crippen molar-refractivity contribution in [1.29, 1.82) is 0 Å². The van der Waals surface area contributed by atoms with Crippen molar-refractivity contribution in [2.24, 2.45) is 5.92 Å². The average Bonchev–Trinajstić information content (AvgIpc) is 2.74. The fraction of sp³-hybridized carbons (Fsp3) is 0.481. The lowest BCUT2D eigenvalue weighted by molar-refractivity contribution is -0.137. The molecule has 0 heterocycles. The Balaban J connectivity index is 2.71. The molecule has 1 amide bonds. The van der Waals surface area contributed by atoms with Crippen LogP contribution in [0.2, 0.25) is 0 Å². The Morgan fingerprint density at radius 2 is 1.65 bits per heavy atom. The van der Waals surface area contributed by atoms with Gasteiger partial charge in [-0.3, -0.25) is 9.59 Å². The molecule has 0 saturated carbocycles. The summed E-state index contributed by atoms with van der Waals surface area (Å²) in [6.07, 6.45) is 10.5. The van der Waals surface area contributed by atoms with Crippen LogP contribution in [0, 0.1) is 36.5 Å². The molecule has 0 fully saturated rings. The first-order chi connectivity index (χ1) is 15.0. The molecular weight excluding hydrogens is 386 g/mol. The topological polar surface area (TPSA) is 66.4 Å². The summed E-state index contributed by atoms with van der Waals surface area (Å²) in [7, 11) is 0. The number of carbonyl (C=O) groups is 2. The van der Waals surface area contributed by atoms with Crippen LogP contribution in [-0.4, -0.2) is 23.0 Å². The van der Waals surface area contributed by atoms with Crippen LogP contribution in [0.15, 0.2) is 36.9 Å². The number of carbonyl (C=O) groups excluding carboxylic acids is 1. The number of aryl methyl sites for hydroxylation is 1. The third-order valence-electron chi connectivity index (χ3n) is 4.96. The molecule has 31 heavy (non-hydrogen) atoms. The standard InChI is InChI=1S/C27H35NO3/c1-4-6-7-8-9-10-11-15-25(16-13-12-14-23(5-2)21-26(29)30)28-27(31)24-19-17-22(3)18-20-24/h5,17-20,23,25H,2,4,6-11,15,21H2,1,3H3,(H,28,31)(H,29,30)/t23-,25+/m0/s1. The fourth-order valence-corrected chi connectivity index (χ4v) is 3.07. The van der Waals surface area contributed by atoms with Gasteiger partial charge in [0.05, 0.1) is 12.5 Å². The van der Waals surface area contributed by atoms with Crippen molar-refractivity contribution in [3.05, 3.63) is 48.0 Å². The van der Waals surface area contributed by atoms with E-state index in [4.69, 9.17) is 5.11 Å². The van der Waals surface area contributed by atoms with Crippen molar-refractivity contribution in [2.75, 3.05) is 0 Å². The minimum absolute atomic E-state index is 0.0935. The molecule has 2 N–H and O–H groups in total. The first kappa shape index (κ1) is 26.1. The van der Waals surface area contributed by atoms with Gasteiger partial charge in [-0.05, 0) is 37.3 Å². The molecule has 1 aromatic carbocycles. The number of nitrogens with one attached hydrogen (secondary N) is 1. The van der Waals surface area contributed by atoms with Crippen LogP contribution in [0.3, 0.4) is 0 Å². The second kappa shape index (κ2) is 15.8. The summed E-state index contributed by atoms with van der Waals surface area (Å²) in [5.74, 6) is 9.85. The number of rotatable bonds is 13. The zero-order valence-corrected chi connectivity index (χ0v) is 18.9. The van der Waals surface area contributed by atoms with Crippen molar-refractivity contribution < 1.29 is 14.7 Å². The Kier molecular flexibility index (Phi) is 13.3. The van der Waals surface area contributed by atoms with Crippen LogP contribution >= 0.6 is 0 Å². The first-order valence-corrected chi connectivity index (χ1v) is 11.2. The maximum Gasteiger partial charge on any atom is 0.304 e. The SMILES string of the molecule is C=C[C@@H](C#CC#C[C@@H](CCCCCCCCC)NC(=O)c1ccc(C)cc1)CC(=O)O. The molecule has 0 saturated heterocycles. The van der Waals surface area contributed by atoms with E-state index < -0.39 is 11.9 Å². The second-order valence-corrected chi connectivity index (χ2v) is 7.78. The van der Waals surface area contributed by atoms with Gasteiger partial charge in [-0.1, -0.05) is 87.5 Å². The molecule has 0 aliphatic carbocycles.